The Morgan fingerprint density at radius 2 is 1.41 bits per heavy atom. The van der Waals surface area contributed by atoms with E-state index in [0.717, 1.165) is 64.2 Å². The van der Waals surface area contributed by atoms with Gasteiger partial charge in [0.05, 0.1) is 5.60 Å². The van der Waals surface area contributed by atoms with E-state index in [0.29, 0.717) is 24.4 Å². The van der Waals surface area contributed by atoms with Crippen LogP contribution in [0.4, 0.5) is 4.79 Å². The Morgan fingerprint density at radius 3 is 1.98 bits per heavy atom. The number of hydrogen-bond donors (Lipinski definition) is 2. The molecule has 6 nitrogen and oxygen atoms in total. The van der Waals surface area contributed by atoms with Gasteiger partial charge in [-0.15, -0.1) is 0 Å². The van der Waals surface area contributed by atoms with E-state index >= 15 is 0 Å². The molecule has 41 heavy (non-hydrogen) atoms. The molecule has 0 bridgehead atoms. The molecule has 2 aliphatic rings. The number of rotatable bonds is 9. The summed E-state index contributed by atoms with van der Waals surface area (Å²) in [4.78, 5) is 20.0. The highest BCUT2D eigenvalue weighted by molar-refractivity contribution is 6.30. The van der Waals surface area contributed by atoms with Crippen molar-refractivity contribution in [1.29, 1.82) is 0 Å². The third-order valence-electron chi connectivity index (χ3n) is 9.13. The average Bonchev–Trinajstić information content (AvgIpc) is 3.01. The van der Waals surface area contributed by atoms with Crippen molar-refractivity contribution >= 4 is 17.6 Å². The maximum atomic E-state index is 13.3. The third-order valence-corrected chi connectivity index (χ3v) is 9.38. The van der Waals surface area contributed by atoms with Crippen LogP contribution in [-0.2, 0) is 11.0 Å². The zero-order valence-corrected chi connectivity index (χ0v) is 24.9. The minimum Gasteiger partial charge on any atom is -0.385 e. The molecule has 3 aromatic rings. The van der Waals surface area contributed by atoms with Crippen LogP contribution < -0.4 is 5.32 Å². The Balaban J connectivity index is 1.28. The van der Waals surface area contributed by atoms with E-state index in [1.54, 1.807) is 0 Å². The molecule has 218 valence electrons. The second-order valence-electron chi connectivity index (χ2n) is 11.7. The van der Waals surface area contributed by atoms with Crippen molar-refractivity contribution < 1.29 is 9.90 Å². The number of urea groups is 1. The number of piperidine rings is 1. The predicted molar refractivity (Wildman–Crippen MR) is 166 cm³/mol. The second kappa shape index (κ2) is 13.4. The van der Waals surface area contributed by atoms with Crippen molar-refractivity contribution in [2.24, 2.45) is 0 Å². The number of aliphatic hydroxyl groups is 1. The summed E-state index contributed by atoms with van der Waals surface area (Å²) in [6, 6.07) is 28.9. The Labute approximate surface area is 249 Å². The largest absolute Gasteiger partial charge is 0.385 e. The van der Waals surface area contributed by atoms with E-state index in [1.807, 2.05) is 29.2 Å². The van der Waals surface area contributed by atoms with Gasteiger partial charge >= 0.3 is 6.03 Å². The van der Waals surface area contributed by atoms with E-state index in [-0.39, 0.29) is 11.4 Å². The van der Waals surface area contributed by atoms with Crippen LogP contribution in [-0.4, -0.2) is 85.2 Å². The lowest BCUT2D eigenvalue weighted by Crippen LogP contribution is -2.53. The number of hydrogen-bond acceptors (Lipinski definition) is 4. The van der Waals surface area contributed by atoms with E-state index in [1.165, 1.54) is 11.1 Å². The molecule has 2 N–H and O–H groups in total. The van der Waals surface area contributed by atoms with Crippen LogP contribution in [0.15, 0.2) is 84.9 Å². The first-order valence-corrected chi connectivity index (χ1v) is 15.3. The lowest BCUT2D eigenvalue weighted by atomic mass is 9.71. The van der Waals surface area contributed by atoms with Gasteiger partial charge in [-0.1, -0.05) is 84.4 Å². The fraction of sp³-hybridized carbons (Fsp3) is 0.441. The molecule has 2 aliphatic heterocycles. The summed E-state index contributed by atoms with van der Waals surface area (Å²) in [7, 11) is 2.10. The smallest absolute Gasteiger partial charge is 0.317 e. The van der Waals surface area contributed by atoms with Gasteiger partial charge < -0.3 is 25.1 Å². The van der Waals surface area contributed by atoms with Crippen molar-refractivity contribution in [1.82, 2.24) is 20.0 Å². The molecule has 0 unspecified atom stereocenters. The van der Waals surface area contributed by atoms with Gasteiger partial charge in [0.2, 0.25) is 0 Å². The van der Waals surface area contributed by atoms with Gasteiger partial charge in [-0.25, -0.2) is 4.79 Å². The second-order valence-corrected chi connectivity index (χ2v) is 12.2. The van der Waals surface area contributed by atoms with E-state index < -0.39 is 5.60 Å². The number of likely N-dealkylation sites (tertiary alicyclic amines) is 1. The van der Waals surface area contributed by atoms with Gasteiger partial charge in [-0.3, -0.25) is 0 Å². The van der Waals surface area contributed by atoms with Crippen LogP contribution >= 0.6 is 11.6 Å². The molecule has 7 heteroatoms. The zero-order valence-electron chi connectivity index (χ0n) is 24.1. The van der Waals surface area contributed by atoms with Crippen molar-refractivity contribution in [2.75, 3.05) is 59.4 Å². The topological polar surface area (TPSA) is 59.0 Å². The van der Waals surface area contributed by atoms with Gasteiger partial charge in [-0.05, 0) is 68.1 Å². The summed E-state index contributed by atoms with van der Waals surface area (Å²) in [5, 5.41) is 15.4. The van der Waals surface area contributed by atoms with Crippen LogP contribution in [0.2, 0.25) is 5.02 Å². The van der Waals surface area contributed by atoms with Crippen LogP contribution in [0, 0.1) is 0 Å². The quantitative estimate of drug-likeness (QED) is 0.362. The summed E-state index contributed by atoms with van der Waals surface area (Å²) < 4.78 is 0. The van der Waals surface area contributed by atoms with Crippen molar-refractivity contribution in [3.8, 4) is 0 Å². The maximum Gasteiger partial charge on any atom is 0.317 e. The molecule has 3 aromatic carbocycles. The minimum atomic E-state index is -0.799. The molecule has 0 aliphatic carbocycles. The molecular weight excluding hydrogens is 532 g/mol. The third kappa shape index (κ3) is 7.12. The van der Waals surface area contributed by atoms with Gasteiger partial charge in [0, 0.05) is 56.3 Å². The number of nitrogens with one attached hydrogen (secondary N) is 1. The van der Waals surface area contributed by atoms with Gasteiger partial charge in [0.15, 0.2) is 0 Å². The standard InChI is InChI=1S/C34H43ClN4O2/c1-37-23-25-39(26-24-37)32(40)36-27-33(28-9-4-2-5-10-28,29-11-6-3-7-12-29)17-8-20-38-21-18-34(41,19-22-38)30-13-15-31(35)16-14-30/h2-7,9-16,41H,8,17-27H2,1H3,(H,36,40). The first kappa shape index (κ1) is 29.6. The van der Waals surface area contributed by atoms with Crippen molar-refractivity contribution in [3.63, 3.8) is 0 Å². The molecule has 5 rings (SSSR count). The van der Waals surface area contributed by atoms with E-state index in [9.17, 15) is 9.90 Å². The summed E-state index contributed by atoms with van der Waals surface area (Å²) in [6.45, 7) is 6.50. The summed E-state index contributed by atoms with van der Waals surface area (Å²) in [6.07, 6.45) is 3.30. The van der Waals surface area contributed by atoms with E-state index in [2.05, 4.69) is 82.8 Å². The molecule has 0 radical (unpaired) electrons. The number of likely N-dealkylation sites (N-methyl/N-ethyl adjacent to an activating group) is 1. The van der Waals surface area contributed by atoms with Crippen LogP contribution in [0.5, 0.6) is 0 Å². The molecule has 0 spiro atoms. The minimum absolute atomic E-state index is 0.0202. The van der Waals surface area contributed by atoms with Crippen LogP contribution in [0.3, 0.4) is 0 Å². The zero-order chi connectivity index (χ0) is 28.7. The summed E-state index contributed by atoms with van der Waals surface area (Å²) >= 11 is 6.07. The normalized spacial score (nSPS) is 18.3. The maximum absolute atomic E-state index is 13.3. The molecule has 0 atom stereocenters. The van der Waals surface area contributed by atoms with Crippen molar-refractivity contribution in [3.05, 3.63) is 107 Å². The number of halogens is 1. The lowest BCUT2D eigenvalue weighted by molar-refractivity contribution is -0.0262. The van der Waals surface area contributed by atoms with Crippen molar-refractivity contribution in [2.45, 2.75) is 36.7 Å². The highest BCUT2D eigenvalue weighted by Gasteiger charge is 2.37. The fourth-order valence-corrected chi connectivity index (χ4v) is 6.54. The van der Waals surface area contributed by atoms with E-state index in [4.69, 9.17) is 11.6 Å². The van der Waals surface area contributed by atoms with Crippen LogP contribution in [0.1, 0.15) is 42.4 Å². The molecule has 2 heterocycles. The fourth-order valence-electron chi connectivity index (χ4n) is 6.41. The van der Waals surface area contributed by atoms with Crippen LogP contribution in [0.25, 0.3) is 0 Å². The first-order valence-electron chi connectivity index (χ1n) is 14.9. The van der Waals surface area contributed by atoms with Gasteiger partial charge in [0.25, 0.3) is 0 Å². The average molecular weight is 575 g/mol. The number of piperazine rings is 1. The Kier molecular flexibility index (Phi) is 9.66. The molecule has 2 amide bonds. The Bertz CT molecular complexity index is 1200. The number of carbonyl (C=O) groups is 1. The first-order chi connectivity index (χ1) is 19.9. The number of amides is 2. The Hall–Kier alpha value is -2.90. The Morgan fingerprint density at radius 1 is 0.854 bits per heavy atom. The van der Waals surface area contributed by atoms with Gasteiger partial charge in [-0.2, -0.15) is 0 Å². The number of carbonyl (C=O) groups excluding carboxylic acids is 1. The number of nitrogens with zero attached hydrogens (tertiary/aromatic N) is 3. The number of benzene rings is 3. The lowest BCUT2D eigenvalue weighted by Gasteiger charge is -2.40. The molecular formula is C34H43ClN4O2. The predicted octanol–water partition coefficient (Wildman–Crippen LogP) is 5.35. The SMILES string of the molecule is CN1CCN(C(=O)NCC(CCCN2CCC(O)(c3ccc(Cl)cc3)CC2)(c2ccccc2)c2ccccc2)CC1. The molecule has 2 saturated heterocycles. The monoisotopic (exact) mass is 574 g/mol. The summed E-state index contributed by atoms with van der Waals surface area (Å²) in [5.74, 6) is 0. The van der Waals surface area contributed by atoms with Gasteiger partial charge in [0.1, 0.15) is 0 Å². The molecule has 0 aromatic heterocycles. The summed E-state index contributed by atoms with van der Waals surface area (Å²) in [5.41, 5.74) is 2.25. The molecule has 2 fully saturated rings. The highest BCUT2D eigenvalue weighted by Crippen LogP contribution is 2.38. The molecule has 0 saturated carbocycles. The highest BCUT2D eigenvalue weighted by atomic mass is 35.5.